The standard InChI is InChI=1S/C16H21BrFNO/c1-16(2,3)11-6-8-19(9-7-11)15(20)13-5-4-12(18)10-14(13)17/h4-5,10-11H,6-9H2,1-3H3. The molecule has 2 nitrogen and oxygen atoms in total. The number of piperidine rings is 1. The van der Waals surface area contributed by atoms with Gasteiger partial charge in [-0.2, -0.15) is 0 Å². The van der Waals surface area contributed by atoms with Crippen LogP contribution in [0.1, 0.15) is 44.0 Å². The Morgan fingerprint density at radius 2 is 1.90 bits per heavy atom. The first-order valence-corrected chi connectivity index (χ1v) is 7.82. The minimum absolute atomic E-state index is 0.00997. The number of hydrogen-bond acceptors (Lipinski definition) is 1. The van der Waals surface area contributed by atoms with Crippen LogP contribution in [0.25, 0.3) is 0 Å². The molecule has 0 radical (unpaired) electrons. The average Bonchev–Trinajstić information content (AvgIpc) is 2.37. The Balaban J connectivity index is 2.05. The van der Waals surface area contributed by atoms with E-state index in [1.54, 1.807) is 6.07 Å². The van der Waals surface area contributed by atoms with Gasteiger partial charge in [0.2, 0.25) is 0 Å². The number of hydrogen-bond donors (Lipinski definition) is 0. The van der Waals surface area contributed by atoms with Gasteiger partial charge < -0.3 is 4.90 Å². The molecule has 0 saturated carbocycles. The van der Waals surface area contributed by atoms with Crippen LogP contribution in [0.15, 0.2) is 22.7 Å². The molecule has 1 amide bonds. The molecule has 0 aliphatic carbocycles. The summed E-state index contributed by atoms with van der Waals surface area (Å²) in [5, 5.41) is 0. The zero-order valence-electron chi connectivity index (χ0n) is 12.2. The average molecular weight is 342 g/mol. The van der Waals surface area contributed by atoms with Crippen LogP contribution in [-0.4, -0.2) is 23.9 Å². The lowest BCUT2D eigenvalue weighted by Gasteiger charge is -2.38. The Morgan fingerprint density at radius 1 is 1.30 bits per heavy atom. The Hall–Kier alpha value is -0.900. The molecule has 1 saturated heterocycles. The summed E-state index contributed by atoms with van der Waals surface area (Å²) in [6.07, 6.45) is 2.07. The lowest BCUT2D eigenvalue weighted by molar-refractivity contribution is 0.0608. The minimum atomic E-state index is -0.333. The van der Waals surface area contributed by atoms with Crippen molar-refractivity contribution < 1.29 is 9.18 Å². The van der Waals surface area contributed by atoms with Gasteiger partial charge in [-0.1, -0.05) is 20.8 Å². The number of carbonyl (C=O) groups is 1. The molecule has 1 aliphatic heterocycles. The molecule has 110 valence electrons. The van der Waals surface area contributed by atoms with Crippen molar-refractivity contribution >= 4 is 21.8 Å². The van der Waals surface area contributed by atoms with E-state index in [1.165, 1.54) is 12.1 Å². The largest absolute Gasteiger partial charge is 0.339 e. The SMILES string of the molecule is CC(C)(C)C1CCN(C(=O)c2ccc(F)cc2Br)CC1. The monoisotopic (exact) mass is 341 g/mol. The highest BCUT2D eigenvalue weighted by molar-refractivity contribution is 9.10. The zero-order valence-corrected chi connectivity index (χ0v) is 13.8. The van der Waals surface area contributed by atoms with Crippen molar-refractivity contribution in [2.24, 2.45) is 11.3 Å². The fourth-order valence-electron chi connectivity index (χ4n) is 2.78. The van der Waals surface area contributed by atoms with E-state index < -0.39 is 0 Å². The van der Waals surface area contributed by atoms with Crippen molar-refractivity contribution in [3.8, 4) is 0 Å². The molecular weight excluding hydrogens is 321 g/mol. The summed E-state index contributed by atoms with van der Waals surface area (Å²) in [5.74, 6) is 0.312. The molecule has 20 heavy (non-hydrogen) atoms. The van der Waals surface area contributed by atoms with Gasteiger partial charge in [0.1, 0.15) is 5.82 Å². The van der Waals surface area contributed by atoms with Gasteiger partial charge in [0.25, 0.3) is 5.91 Å². The molecular formula is C16H21BrFNO. The molecule has 2 rings (SSSR count). The lowest BCUT2D eigenvalue weighted by Crippen LogP contribution is -2.41. The number of nitrogens with zero attached hydrogens (tertiary/aromatic N) is 1. The summed E-state index contributed by atoms with van der Waals surface area (Å²) < 4.78 is 13.6. The smallest absolute Gasteiger partial charge is 0.255 e. The number of likely N-dealkylation sites (tertiary alicyclic amines) is 1. The van der Waals surface area contributed by atoms with Crippen molar-refractivity contribution in [3.05, 3.63) is 34.1 Å². The second-order valence-electron chi connectivity index (χ2n) is 6.56. The molecule has 1 aromatic rings. The molecule has 1 aliphatic rings. The molecule has 0 unspecified atom stereocenters. The first-order valence-electron chi connectivity index (χ1n) is 7.03. The molecule has 1 fully saturated rings. The third-order valence-electron chi connectivity index (χ3n) is 4.17. The number of halogens is 2. The van der Waals surface area contributed by atoms with Crippen molar-refractivity contribution in [2.75, 3.05) is 13.1 Å². The third kappa shape index (κ3) is 3.40. The predicted octanol–water partition coefficient (Wildman–Crippen LogP) is 4.49. The van der Waals surface area contributed by atoms with Crippen LogP contribution in [-0.2, 0) is 0 Å². The van der Waals surface area contributed by atoms with Gasteiger partial charge in [-0.3, -0.25) is 4.79 Å². The van der Waals surface area contributed by atoms with E-state index >= 15 is 0 Å². The highest BCUT2D eigenvalue weighted by Gasteiger charge is 2.31. The maximum Gasteiger partial charge on any atom is 0.255 e. The minimum Gasteiger partial charge on any atom is -0.339 e. The van der Waals surface area contributed by atoms with Crippen LogP contribution < -0.4 is 0 Å². The van der Waals surface area contributed by atoms with Crippen LogP contribution in [0.3, 0.4) is 0 Å². The Bertz CT molecular complexity index is 502. The van der Waals surface area contributed by atoms with Crippen LogP contribution >= 0.6 is 15.9 Å². The van der Waals surface area contributed by atoms with E-state index in [1.807, 2.05) is 4.90 Å². The molecule has 0 N–H and O–H groups in total. The first-order chi connectivity index (χ1) is 9.29. The summed E-state index contributed by atoms with van der Waals surface area (Å²) >= 11 is 3.27. The van der Waals surface area contributed by atoms with Gasteiger partial charge in [-0.05, 0) is 58.3 Å². The van der Waals surface area contributed by atoms with Crippen molar-refractivity contribution in [3.63, 3.8) is 0 Å². The molecule has 1 aromatic carbocycles. The van der Waals surface area contributed by atoms with Crippen molar-refractivity contribution in [1.82, 2.24) is 4.90 Å². The molecule has 4 heteroatoms. The van der Waals surface area contributed by atoms with E-state index in [0.29, 0.717) is 21.4 Å². The Kier molecular flexibility index (Phi) is 4.52. The summed E-state index contributed by atoms with van der Waals surface area (Å²) in [5.41, 5.74) is 0.839. The van der Waals surface area contributed by atoms with E-state index in [0.717, 1.165) is 25.9 Å². The van der Waals surface area contributed by atoms with Gasteiger partial charge in [0.05, 0.1) is 5.56 Å². The Morgan fingerprint density at radius 3 is 2.40 bits per heavy atom. The Labute approximate surface area is 128 Å². The summed E-state index contributed by atoms with van der Waals surface area (Å²) in [4.78, 5) is 14.3. The molecule has 0 spiro atoms. The highest BCUT2D eigenvalue weighted by Crippen LogP contribution is 2.34. The predicted molar refractivity (Wildman–Crippen MR) is 82.2 cm³/mol. The number of carbonyl (C=O) groups excluding carboxylic acids is 1. The van der Waals surface area contributed by atoms with Gasteiger partial charge in [-0.15, -0.1) is 0 Å². The maximum atomic E-state index is 13.1. The van der Waals surface area contributed by atoms with E-state index in [4.69, 9.17) is 0 Å². The fourth-order valence-corrected chi connectivity index (χ4v) is 3.30. The molecule has 0 atom stereocenters. The highest BCUT2D eigenvalue weighted by atomic mass is 79.9. The first kappa shape index (κ1) is 15.5. The fraction of sp³-hybridized carbons (Fsp3) is 0.562. The van der Waals surface area contributed by atoms with Crippen LogP contribution in [0.5, 0.6) is 0 Å². The topological polar surface area (TPSA) is 20.3 Å². The molecule has 1 heterocycles. The van der Waals surface area contributed by atoms with Crippen LogP contribution in [0, 0.1) is 17.2 Å². The molecule has 0 bridgehead atoms. The van der Waals surface area contributed by atoms with E-state index in [-0.39, 0.29) is 11.7 Å². The number of rotatable bonds is 1. The number of amides is 1. The second kappa shape index (κ2) is 5.84. The third-order valence-corrected chi connectivity index (χ3v) is 4.82. The van der Waals surface area contributed by atoms with E-state index in [9.17, 15) is 9.18 Å². The summed E-state index contributed by atoms with van der Waals surface area (Å²) in [7, 11) is 0. The van der Waals surface area contributed by atoms with Crippen LogP contribution in [0.2, 0.25) is 0 Å². The maximum absolute atomic E-state index is 13.1. The zero-order chi connectivity index (χ0) is 14.9. The summed E-state index contributed by atoms with van der Waals surface area (Å²) in [6, 6.07) is 4.23. The van der Waals surface area contributed by atoms with Gasteiger partial charge in [-0.25, -0.2) is 4.39 Å². The van der Waals surface area contributed by atoms with Crippen molar-refractivity contribution in [1.29, 1.82) is 0 Å². The lowest BCUT2D eigenvalue weighted by atomic mass is 9.75. The normalized spacial score (nSPS) is 17.4. The van der Waals surface area contributed by atoms with Crippen LogP contribution in [0.4, 0.5) is 4.39 Å². The quantitative estimate of drug-likeness (QED) is 0.737. The summed E-state index contributed by atoms with van der Waals surface area (Å²) in [6.45, 7) is 8.33. The van der Waals surface area contributed by atoms with Gasteiger partial charge >= 0.3 is 0 Å². The number of benzene rings is 1. The molecule has 0 aromatic heterocycles. The van der Waals surface area contributed by atoms with E-state index in [2.05, 4.69) is 36.7 Å². The second-order valence-corrected chi connectivity index (χ2v) is 7.41. The van der Waals surface area contributed by atoms with Gasteiger partial charge in [0, 0.05) is 17.6 Å². The van der Waals surface area contributed by atoms with Gasteiger partial charge in [0.15, 0.2) is 0 Å². The van der Waals surface area contributed by atoms with Crippen molar-refractivity contribution in [2.45, 2.75) is 33.6 Å².